The summed E-state index contributed by atoms with van der Waals surface area (Å²) in [5.74, 6) is -0.455. The number of carbonyl (C=O) groups excluding carboxylic acids is 3. The number of thiazole rings is 1. The Morgan fingerprint density at radius 1 is 1.16 bits per heavy atom. The smallest absolute Gasteiger partial charge is 0.246 e. The van der Waals surface area contributed by atoms with Crippen LogP contribution in [0, 0.1) is 12.3 Å². The number of benzene rings is 2. The van der Waals surface area contributed by atoms with Crippen molar-refractivity contribution in [1.29, 1.82) is 0 Å². The molecule has 0 aliphatic carbocycles. The lowest BCUT2D eigenvalue weighted by Gasteiger charge is -2.35. The zero-order valence-electron chi connectivity index (χ0n) is 25.1. The monoisotopic (exact) mass is 670 g/mol. The van der Waals surface area contributed by atoms with Crippen LogP contribution in [-0.2, 0) is 14.4 Å². The molecule has 1 aromatic heterocycles. The van der Waals surface area contributed by atoms with E-state index in [1.54, 1.807) is 17.4 Å². The number of β-amino-alcohol motifs (C(OH)–C–C–N with tert-alkyl or cyclic N) is 1. The van der Waals surface area contributed by atoms with Crippen molar-refractivity contribution in [3.8, 4) is 16.2 Å². The molecule has 3 aromatic rings. The van der Waals surface area contributed by atoms with Crippen LogP contribution in [0.2, 0.25) is 0 Å². The van der Waals surface area contributed by atoms with Gasteiger partial charge in [0.1, 0.15) is 17.8 Å². The summed E-state index contributed by atoms with van der Waals surface area (Å²) in [7, 11) is 0. The van der Waals surface area contributed by atoms with E-state index in [9.17, 15) is 19.5 Å². The first-order valence-corrected chi connectivity index (χ1v) is 16.0. The molecule has 0 saturated carbocycles. The Balaban J connectivity index is 1.39. The van der Waals surface area contributed by atoms with Gasteiger partial charge in [-0.05, 0) is 48.6 Å². The lowest BCUT2D eigenvalue weighted by Crippen LogP contribution is -2.58. The number of hydrogen-bond acceptors (Lipinski definition) is 7. The molecule has 3 amide bonds. The quantitative estimate of drug-likeness (QED) is 0.279. The first-order chi connectivity index (χ1) is 20.3. The number of carbonyl (C=O) groups is 3. The molecule has 4 rings (SSSR count). The number of aryl methyl sites for hydroxylation is 1. The summed E-state index contributed by atoms with van der Waals surface area (Å²) in [6, 6.07) is 13.2. The van der Waals surface area contributed by atoms with Crippen molar-refractivity contribution in [2.24, 2.45) is 5.41 Å². The average Bonchev–Trinajstić information content (AvgIpc) is 3.56. The normalized spacial score (nSPS) is 18.2. The second-order valence-corrected chi connectivity index (χ2v) is 13.7. The van der Waals surface area contributed by atoms with Crippen LogP contribution in [0.5, 0.6) is 5.75 Å². The van der Waals surface area contributed by atoms with E-state index in [0.717, 1.165) is 26.2 Å². The second-order valence-electron chi connectivity index (χ2n) is 11.9. The van der Waals surface area contributed by atoms with E-state index in [1.807, 2.05) is 82.6 Å². The third-order valence-electron chi connectivity index (χ3n) is 7.45. The number of nitrogens with one attached hydrogen (secondary N) is 2. The summed E-state index contributed by atoms with van der Waals surface area (Å²) in [6.45, 7) is 9.59. The molecule has 2 aromatic carbocycles. The largest absolute Gasteiger partial charge is 0.493 e. The molecule has 1 fully saturated rings. The predicted molar refractivity (Wildman–Crippen MR) is 171 cm³/mol. The summed E-state index contributed by atoms with van der Waals surface area (Å²) in [6.07, 6.45) is -0.663. The molecule has 1 saturated heterocycles. The lowest BCUT2D eigenvalue weighted by atomic mass is 9.85. The third-order valence-corrected chi connectivity index (χ3v) is 8.93. The van der Waals surface area contributed by atoms with Crippen LogP contribution in [0.3, 0.4) is 0 Å². The van der Waals surface area contributed by atoms with Crippen molar-refractivity contribution < 1.29 is 24.2 Å². The van der Waals surface area contributed by atoms with Gasteiger partial charge in [0.15, 0.2) is 0 Å². The number of nitrogens with zero attached hydrogens (tertiary/aromatic N) is 2. The Kier molecular flexibility index (Phi) is 10.6. The highest BCUT2D eigenvalue weighted by Crippen LogP contribution is 2.29. The van der Waals surface area contributed by atoms with Crippen LogP contribution >= 0.6 is 27.3 Å². The Hall–Kier alpha value is -3.28. The second kappa shape index (κ2) is 14.0. The highest BCUT2D eigenvalue weighted by molar-refractivity contribution is 9.10. The van der Waals surface area contributed by atoms with Crippen LogP contribution in [0.15, 0.2) is 58.5 Å². The molecule has 0 bridgehead atoms. The van der Waals surface area contributed by atoms with Gasteiger partial charge in [-0.2, -0.15) is 0 Å². The molecule has 0 radical (unpaired) electrons. The summed E-state index contributed by atoms with van der Waals surface area (Å²) < 4.78 is 6.55. The minimum Gasteiger partial charge on any atom is -0.493 e. The molecule has 0 spiro atoms. The van der Waals surface area contributed by atoms with Crippen molar-refractivity contribution in [2.45, 2.75) is 71.7 Å². The number of amides is 3. The van der Waals surface area contributed by atoms with Gasteiger partial charge in [-0.1, -0.05) is 67.0 Å². The first kappa shape index (κ1) is 32.6. The molecular weight excluding hydrogens is 632 g/mol. The highest BCUT2D eigenvalue weighted by Gasteiger charge is 2.44. The van der Waals surface area contributed by atoms with Gasteiger partial charge in [-0.25, -0.2) is 4.98 Å². The van der Waals surface area contributed by atoms with Crippen LogP contribution in [-0.4, -0.2) is 64.1 Å². The fraction of sp³-hybridized carbons (Fsp3) is 0.438. The third kappa shape index (κ3) is 8.43. The molecule has 43 heavy (non-hydrogen) atoms. The maximum atomic E-state index is 13.8. The standard InChI is InChI=1S/C32H39BrN4O5S/c1-19(21-9-11-22(12-10-21)28-20(2)34-18-43-28)35-30(40)26-16-24(38)17-37(26)31(41)29(32(3,4)5)36-27(39)13-14-42-25-8-6-7-23(33)15-25/h6-12,15,18-19,24,26,29,38H,13-14,16-17H2,1-5H3,(H,35,40)(H,36,39)/t19-,24+,26-,29?/m0/s1. The number of aliphatic hydroxyl groups is 1. The van der Waals surface area contributed by atoms with Crippen molar-refractivity contribution in [1.82, 2.24) is 20.5 Å². The molecule has 1 aliphatic rings. The van der Waals surface area contributed by atoms with Crippen molar-refractivity contribution >= 4 is 45.0 Å². The Morgan fingerprint density at radius 3 is 2.51 bits per heavy atom. The van der Waals surface area contributed by atoms with Crippen LogP contribution in [0.1, 0.15) is 57.8 Å². The molecule has 4 atom stereocenters. The summed E-state index contributed by atoms with van der Waals surface area (Å²) >= 11 is 4.97. The number of likely N-dealkylation sites (tertiary alicyclic amines) is 1. The maximum Gasteiger partial charge on any atom is 0.246 e. The molecule has 230 valence electrons. The average molecular weight is 672 g/mol. The summed E-state index contributed by atoms with van der Waals surface area (Å²) in [5, 5.41) is 16.4. The number of aliphatic hydroxyl groups excluding tert-OH is 1. The van der Waals surface area contributed by atoms with E-state index in [-0.39, 0.29) is 43.8 Å². The van der Waals surface area contributed by atoms with Gasteiger partial charge >= 0.3 is 0 Å². The fourth-order valence-electron chi connectivity index (χ4n) is 5.07. The number of aromatic nitrogens is 1. The van der Waals surface area contributed by atoms with Gasteiger partial charge in [0.25, 0.3) is 0 Å². The Morgan fingerprint density at radius 2 is 1.88 bits per heavy atom. The van der Waals surface area contributed by atoms with E-state index in [1.165, 1.54) is 4.90 Å². The highest BCUT2D eigenvalue weighted by atomic mass is 79.9. The van der Waals surface area contributed by atoms with E-state index in [0.29, 0.717) is 5.75 Å². The number of rotatable bonds is 10. The minimum absolute atomic E-state index is 0.0165. The Labute approximate surface area is 265 Å². The van der Waals surface area contributed by atoms with Crippen molar-refractivity contribution in [3.63, 3.8) is 0 Å². The van der Waals surface area contributed by atoms with Crippen molar-refractivity contribution in [3.05, 3.63) is 69.8 Å². The molecule has 1 unspecified atom stereocenters. The zero-order valence-corrected chi connectivity index (χ0v) is 27.5. The van der Waals surface area contributed by atoms with Gasteiger partial charge in [0.05, 0.1) is 41.3 Å². The molecule has 3 N–H and O–H groups in total. The molecular formula is C32H39BrN4O5S. The first-order valence-electron chi connectivity index (χ1n) is 14.3. The number of ether oxygens (including phenoxy) is 1. The van der Waals surface area contributed by atoms with Gasteiger partial charge in [-0.3, -0.25) is 14.4 Å². The fourth-order valence-corrected chi connectivity index (χ4v) is 6.26. The Bertz CT molecular complexity index is 1440. The molecule has 2 heterocycles. The van der Waals surface area contributed by atoms with Gasteiger partial charge < -0.3 is 25.4 Å². The summed E-state index contributed by atoms with van der Waals surface area (Å²) in [4.78, 5) is 47.0. The van der Waals surface area contributed by atoms with E-state index in [2.05, 4.69) is 31.5 Å². The van der Waals surface area contributed by atoms with Gasteiger partial charge in [0.2, 0.25) is 17.7 Å². The minimum atomic E-state index is -0.897. The summed E-state index contributed by atoms with van der Waals surface area (Å²) in [5.41, 5.74) is 4.13. The van der Waals surface area contributed by atoms with Crippen molar-refractivity contribution in [2.75, 3.05) is 13.2 Å². The van der Waals surface area contributed by atoms with Crippen LogP contribution in [0.4, 0.5) is 0 Å². The van der Waals surface area contributed by atoms with E-state index >= 15 is 0 Å². The lowest BCUT2D eigenvalue weighted by molar-refractivity contribution is -0.144. The molecule has 9 nitrogen and oxygen atoms in total. The zero-order chi connectivity index (χ0) is 31.3. The van der Waals surface area contributed by atoms with E-state index < -0.39 is 29.5 Å². The van der Waals surface area contributed by atoms with Crippen LogP contribution in [0.25, 0.3) is 10.4 Å². The topological polar surface area (TPSA) is 121 Å². The molecule has 11 heteroatoms. The van der Waals surface area contributed by atoms with Crippen LogP contribution < -0.4 is 15.4 Å². The van der Waals surface area contributed by atoms with Gasteiger partial charge in [-0.15, -0.1) is 11.3 Å². The van der Waals surface area contributed by atoms with E-state index in [4.69, 9.17) is 4.74 Å². The number of hydrogen-bond donors (Lipinski definition) is 3. The predicted octanol–water partition coefficient (Wildman–Crippen LogP) is 5.02. The van der Waals surface area contributed by atoms with Gasteiger partial charge in [0, 0.05) is 17.4 Å². The maximum absolute atomic E-state index is 13.8. The SMILES string of the molecule is Cc1ncsc1-c1ccc([C@H](C)NC(=O)[C@@H]2C[C@@H](O)CN2C(=O)C(NC(=O)CCOc2cccc(Br)c2)C(C)(C)C)cc1. The number of halogens is 1. The molecule has 1 aliphatic heterocycles.